The Kier molecular flexibility index (Phi) is 7.21. The molecule has 1 unspecified atom stereocenters. The maximum Gasteiger partial charge on any atom is 0.237 e. The van der Waals surface area contributed by atoms with Crippen LogP contribution >= 0.6 is 0 Å². The summed E-state index contributed by atoms with van der Waals surface area (Å²) in [6.07, 6.45) is 11.4. The summed E-state index contributed by atoms with van der Waals surface area (Å²) in [6, 6.07) is 8.55. The fourth-order valence-electron chi connectivity index (χ4n) is 6.40. The molecule has 202 valence electrons. The van der Waals surface area contributed by atoms with Crippen LogP contribution in [0.3, 0.4) is 0 Å². The highest BCUT2D eigenvalue weighted by molar-refractivity contribution is 6.00. The standard InChI is InChI=1S/C29H38N6O3/c1-31-29(36)25-9-5-10-34(25)15-19-12-21(13-19)35-16-24(26-27(30)32-18-33-28(26)35)20-6-4-8-22(14-20)38-17-23-7-2-3-11-37-23/h4,6,8,14,16,18-19,21,23,25H,2-3,5,7,9-13,15,17H2,1H3,(H,31,36)(H2,30,32,33)/t19-,21-,23?,25-/m1/s1. The molecule has 9 nitrogen and oxygen atoms in total. The van der Waals surface area contributed by atoms with Gasteiger partial charge in [-0.15, -0.1) is 0 Å². The van der Waals surface area contributed by atoms with Gasteiger partial charge in [0.05, 0.1) is 17.5 Å². The summed E-state index contributed by atoms with van der Waals surface area (Å²) in [5, 5.41) is 3.72. The first kappa shape index (κ1) is 25.1. The van der Waals surface area contributed by atoms with Crippen molar-refractivity contribution in [3.05, 3.63) is 36.8 Å². The number of nitrogens with zero attached hydrogens (tertiary/aromatic N) is 4. The highest BCUT2D eigenvalue weighted by Crippen LogP contribution is 2.44. The summed E-state index contributed by atoms with van der Waals surface area (Å²) in [4.78, 5) is 23.6. The highest BCUT2D eigenvalue weighted by Gasteiger charge is 2.37. The SMILES string of the molecule is CNC(=O)[C@H]1CCCN1C[C@H]1C[C@H](n2cc(-c3cccc(OCC4CCCCO4)c3)c3c(N)ncnc32)C1. The van der Waals surface area contributed by atoms with E-state index in [1.165, 1.54) is 6.42 Å². The van der Waals surface area contributed by atoms with E-state index in [2.05, 4.69) is 43.1 Å². The van der Waals surface area contributed by atoms with Crippen LogP contribution < -0.4 is 15.8 Å². The first-order chi connectivity index (χ1) is 18.6. The molecule has 0 bridgehead atoms. The van der Waals surface area contributed by atoms with Crippen molar-refractivity contribution in [2.24, 2.45) is 5.92 Å². The average molecular weight is 519 g/mol. The van der Waals surface area contributed by atoms with Gasteiger partial charge in [-0.05, 0) is 75.1 Å². The molecular formula is C29H38N6O3. The number of anilines is 1. The Morgan fingerprint density at radius 2 is 2.11 bits per heavy atom. The second-order valence-corrected chi connectivity index (χ2v) is 11.0. The predicted molar refractivity (Wildman–Crippen MR) is 147 cm³/mol. The zero-order valence-corrected chi connectivity index (χ0v) is 22.1. The number of ether oxygens (including phenoxy) is 2. The van der Waals surface area contributed by atoms with E-state index in [-0.39, 0.29) is 18.1 Å². The molecule has 1 aliphatic carbocycles. The molecule has 2 saturated heterocycles. The molecule has 2 aromatic heterocycles. The summed E-state index contributed by atoms with van der Waals surface area (Å²) in [6.45, 7) is 3.37. The third-order valence-corrected chi connectivity index (χ3v) is 8.50. The van der Waals surface area contributed by atoms with Crippen molar-refractivity contribution >= 4 is 22.8 Å². The number of rotatable bonds is 8. The van der Waals surface area contributed by atoms with Gasteiger partial charge in [-0.1, -0.05) is 12.1 Å². The Labute approximate surface area is 223 Å². The van der Waals surface area contributed by atoms with Crippen LogP contribution in [0.25, 0.3) is 22.2 Å². The Morgan fingerprint density at radius 1 is 1.21 bits per heavy atom. The van der Waals surface area contributed by atoms with E-state index in [9.17, 15) is 4.79 Å². The number of nitrogens with two attached hydrogens (primary N) is 1. The zero-order chi connectivity index (χ0) is 26.1. The number of amides is 1. The monoisotopic (exact) mass is 518 g/mol. The third kappa shape index (κ3) is 4.97. The van der Waals surface area contributed by atoms with Crippen LogP contribution in [0.5, 0.6) is 5.75 Å². The number of carbonyl (C=O) groups is 1. The minimum atomic E-state index is 0.0183. The molecule has 1 amide bonds. The summed E-state index contributed by atoms with van der Waals surface area (Å²) in [5.74, 6) is 2.04. The van der Waals surface area contributed by atoms with E-state index < -0.39 is 0 Å². The van der Waals surface area contributed by atoms with E-state index in [1.54, 1.807) is 13.4 Å². The minimum absolute atomic E-state index is 0.0183. The number of likely N-dealkylation sites (N-methyl/N-ethyl adjacent to an activating group) is 1. The fourth-order valence-corrected chi connectivity index (χ4v) is 6.40. The Morgan fingerprint density at radius 3 is 2.92 bits per heavy atom. The van der Waals surface area contributed by atoms with Crippen LogP contribution in [-0.2, 0) is 9.53 Å². The molecule has 2 atom stereocenters. The molecule has 3 fully saturated rings. The van der Waals surface area contributed by atoms with E-state index in [4.69, 9.17) is 15.2 Å². The highest BCUT2D eigenvalue weighted by atomic mass is 16.5. The van der Waals surface area contributed by atoms with Crippen LogP contribution in [0.4, 0.5) is 5.82 Å². The number of hydrogen-bond donors (Lipinski definition) is 2. The van der Waals surface area contributed by atoms with Crippen molar-refractivity contribution in [3.63, 3.8) is 0 Å². The molecule has 2 aliphatic heterocycles. The molecule has 38 heavy (non-hydrogen) atoms. The number of carbonyl (C=O) groups excluding carboxylic acids is 1. The molecule has 9 heteroatoms. The van der Waals surface area contributed by atoms with Crippen molar-refractivity contribution in [1.82, 2.24) is 24.8 Å². The molecule has 3 N–H and O–H groups in total. The fraction of sp³-hybridized carbons (Fsp3) is 0.552. The van der Waals surface area contributed by atoms with Gasteiger partial charge >= 0.3 is 0 Å². The molecular weight excluding hydrogens is 480 g/mol. The number of fused-ring (bicyclic) bond motifs is 1. The third-order valence-electron chi connectivity index (χ3n) is 8.50. The number of nitrogen functional groups attached to an aromatic ring is 1. The maximum absolute atomic E-state index is 12.3. The lowest BCUT2D eigenvalue weighted by atomic mass is 9.79. The predicted octanol–water partition coefficient (Wildman–Crippen LogP) is 3.79. The second kappa shape index (κ2) is 10.9. The summed E-state index contributed by atoms with van der Waals surface area (Å²) in [5.41, 5.74) is 9.34. The van der Waals surface area contributed by atoms with Crippen LogP contribution in [0.1, 0.15) is 51.0 Å². The smallest absolute Gasteiger partial charge is 0.237 e. The molecule has 6 rings (SSSR count). The lowest BCUT2D eigenvalue weighted by molar-refractivity contribution is -0.125. The summed E-state index contributed by atoms with van der Waals surface area (Å²) in [7, 11) is 1.73. The molecule has 0 spiro atoms. The van der Waals surface area contributed by atoms with Crippen molar-refractivity contribution in [2.45, 2.75) is 63.1 Å². The van der Waals surface area contributed by atoms with Crippen LogP contribution in [0.15, 0.2) is 36.8 Å². The topological polar surface area (TPSA) is 108 Å². The first-order valence-corrected chi connectivity index (χ1v) is 14.0. The van der Waals surface area contributed by atoms with E-state index in [0.717, 1.165) is 86.1 Å². The second-order valence-electron chi connectivity index (χ2n) is 11.0. The van der Waals surface area contributed by atoms with Gasteiger partial charge in [0.15, 0.2) is 0 Å². The molecule has 4 heterocycles. The molecule has 1 aromatic carbocycles. The Bertz CT molecular complexity index is 1280. The number of nitrogens with one attached hydrogen (secondary N) is 1. The molecule has 1 saturated carbocycles. The normalized spacial score (nSPS) is 25.8. The first-order valence-electron chi connectivity index (χ1n) is 14.0. The van der Waals surface area contributed by atoms with Gasteiger partial charge in [-0.3, -0.25) is 9.69 Å². The van der Waals surface area contributed by atoms with Gasteiger partial charge in [0.2, 0.25) is 5.91 Å². The molecule has 3 aromatic rings. The molecule has 3 aliphatic rings. The van der Waals surface area contributed by atoms with Crippen molar-refractivity contribution in [1.29, 1.82) is 0 Å². The van der Waals surface area contributed by atoms with Gasteiger partial charge in [0, 0.05) is 38.0 Å². The minimum Gasteiger partial charge on any atom is -0.491 e. The van der Waals surface area contributed by atoms with Crippen LogP contribution in [-0.4, -0.2) is 70.8 Å². The largest absolute Gasteiger partial charge is 0.491 e. The zero-order valence-electron chi connectivity index (χ0n) is 22.1. The van der Waals surface area contributed by atoms with Crippen LogP contribution in [0, 0.1) is 5.92 Å². The number of likely N-dealkylation sites (tertiary alicyclic amines) is 1. The lowest BCUT2D eigenvalue weighted by Crippen LogP contribution is -2.45. The van der Waals surface area contributed by atoms with E-state index in [1.807, 2.05) is 12.1 Å². The number of aromatic nitrogens is 3. The van der Waals surface area contributed by atoms with Gasteiger partial charge in [-0.2, -0.15) is 0 Å². The van der Waals surface area contributed by atoms with Crippen molar-refractivity contribution < 1.29 is 14.3 Å². The van der Waals surface area contributed by atoms with Gasteiger partial charge in [-0.25, -0.2) is 9.97 Å². The van der Waals surface area contributed by atoms with E-state index in [0.29, 0.717) is 24.4 Å². The van der Waals surface area contributed by atoms with Gasteiger partial charge in [0.1, 0.15) is 30.1 Å². The summed E-state index contributed by atoms with van der Waals surface area (Å²) >= 11 is 0. The number of hydrogen-bond acceptors (Lipinski definition) is 7. The van der Waals surface area contributed by atoms with Gasteiger partial charge < -0.3 is 25.1 Å². The van der Waals surface area contributed by atoms with Crippen molar-refractivity contribution in [2.75, 3.05) is 39.1 Å². The quantitative estimate of drug-likeness (QED) is 0.467. The maximum atomic E-state index is 12.3. The van der Waals surface area contributed by atoms with Gasteiger partial charge in [0.25, 0.3) is 0 Å². The van der Waals surface area contributed by atoms with Crippen molar-refractivity contribution in [3.8, 4) is 16.9 Å². The Balaban J connectivity index is 1.19. The number of benzene rings is 1. The Hall–Kier alpha value is -3.17. The summed E-state index contributed by atoms with van der Waals surface area (Å²) < 4.78 is 14.2. The van der Waals surface area contributed by atoms with E-state index >= 15 is 0 Å². The average Bonchev–Trinajstić information content (AvgIpc) is 3.55. The lowest BCUT2D eigenvalue weighted by Gasteiger charge is -2.39. The van der Waals surface area contributed by atoms with Crippen LogP contribution in [0.2, 0.25) is 0 Å². The molecule has 0 radical (unpaired) electrons.